The molecule has 2 rings (SSSR count). The Morgan fingerprint density at radius 1 is 1.12 bits per heavy atom. The zero-order valence-corrected chi connectivity index (χ0v) is 13.9. The first-order valence-corrected chi connectivity index (χ1v) is 8.03. The molecule has 0 fully saturated rings. The number of phenolic OH excluding ortho intramolecular Hbond substituents is 1. The highest BCUT2D eigenvalue weighted by atomic mass is 16.5. The molecule has 0 saturated heterocycles. The Kier molecular flexibility index (Phi) is 6.90. The Morgan fingerprint density at radius 2 is 1.92 bits per heavy atom. The van der Waals surface area contributed by atoms with Crippen LogP contribution in [0, 0.1) is 0 Å². The monoisotopic (exact) mass is 325 g/mol. The summed E-state index contributed by atoms with van der Waals surface area (Å²) in [6.45, 7) is 0. The third-order valence-electron chi connectivity index (χ3n) is 3.79. The van der Waals surface area contributed by atoms with Crippen LogP contribution in [0.5, 0.6) is 11.5 Å². The summed E-state index contributed by atoms with van der Waals surface area (Å²) in [6, 6.07) is 15.4. The number of benzene rings is 2. The molecule has 4 nitrogen and oxygen atoms in total. The largest absolute Gasteiger partial charge is 0.504 e. The Hall–Kier alpha value is -2.75. The molecule has 4 heteroatoms. The molecular weight excluding hydrogens is 302 g/mol. The molecule has 0 radical (unpaired) electrons. The number of nitrogens with zero attached hydrogens (tertiary/aromatic N) is 1. The van der Waals surface area contributed by atoms with Gasteiger partial charge in [0.15, 0.2) is 11.5 Å². The lowest BCUT2D eigenvalue weighted by Crippen LogP contribution is -1.95. The van der Waals surface area contributed by atoms with E-state index in [-0.39, 0.29) is 5.75 Å². The van der Waals surface area contributed by atoms with Gasteiger partial charge in [0, 0.05) is 0 Å². The quantitative estimate of drug-likeness (QED) is 0.321. The first-order valence-electron chi connectivity index (χ1n) is 8.03. The van der Waals surface area contributed by atoms with Crippen molar-refractivity contribution in [2.75, 3.05) is 7.11 Å². The fourth-order valence-electron chi connectivity index (χ4n) is 2.44. The maximum atomic E-state index is 9.58. The van der Waals surface area contributed by atoms with Crippen LogP contribution >= 0.6 is 0 Å². The maximum Gasteiger partial charge on any atom is 0.161 e. The molecule has 0 saturated carbocycles. The van der Waals surface area contributed by atoms with Gasteiger partial charge in [-0.3, -0.25) is 0 Å². The van der Waals surface area contributed by atoms with Crippen molar-refractivity contribution in [3.05, 3.63) is 65.7 Å². The van der Waals surface area contributed by atoms with Crippen LogP contribution in [0.1, 0.15) is 30.4 Å². The van der Waals surface area contributed by atoms with Crippen LogP contribution in [0.3, 0.4) is 0 Å². The van der Waals surface area contributed by atoms with Crippen molar-refractivity contribution in [1.29, 1.82) is 0 Å². The smallest absolute Gasteiger partial charge is 0.161 e. The zero-order valence-electron chi connectivity index (χ0n) is 13.9. The lowest BCUT2D eigenvalue weighted by Gasteiger charge is -2.04. The molecule has 0 aliphatic rings. The highest BCUT2D eigenvalue weighted by Crippen LogP contribution is 2.26. The van der Waals surface area contributed by atoms with Crippen molar-refractivity contribution in [3.8, 4) is 11.5 Å². The molecule has 0 bridgehead atoms. The summed E-state index contributed by atoms with van der Waals surface area (Å²) in [4.78, 5) is 0. The number of oxime groups is 1. The SMILES string of the molecule is COc1cc(/C=C/C(CCCCc2ccccc2)=NO)ccc1O. The molecule has 2 aromatic carbocycles. The molecule has 0 atom stereocenters. The van der Waals surface area contributed by atoms with Gasteiger partial charge < -0.3 is 15.1 Å². The summed E-state index contributed by atoms with van der Waals surface area (Å²) >= 11 is 0. The molecule has 0 heterocycles. The van der Waals surface area contributed by atoms with E-state index in [0.29, 0.717) is 11.5 Å². The highest BCUT2D eigenvalue weighted by Gasteiger charge is 2.02. The van der Waals surface area contributed by atoms with Crippen LogP contribution in [0.25, 0.3) is 6.08 Å². The fraction of sp³-hybridized carbons (Fsp3) is 0.250. The van der Waals surface area contributed by atoms with E-state index in [1.54, 1.807) is 24.3 Å². The van der Waals surface area contributed by atoms with Gasteiger partial charge in [0.05, 0.1) is 12.8 Å². The first kappa shape index (κ1) is 17.6. The van der Waals surface area contributed by atoms with Crippen molar-refractivity contribution in [1.82, 2.24) is 0 Å². The zero-order chi connectivity index (χ0) is 17.2. The second kappa shape index (κ2) is 9.40. The number of unbranched alkanes of at least 4 members (excludes halogenated alkanes) is 1. The molecule has 2 N–H and O–H groups in total. The Morgan fingerprint density at radius 3 is 2.62 bits per heavy atom. The average molecular weight is 325 g/mol. The summed E-state index contributed by atoms with van der Waals surface area (Å²) in [5, 5.41) is 22.1. The van der Waals surface area contributed by atoms with E-state index in [0.717, 1.165) is 31.2 Å². The van der Waals surface area contributed by atoms with E-state index in [2.05, 4.69) is 17.3 Å². The predicted molar refractivity (Wildman–Crippen MR) is 96.9 cm³/mol. The predicted octanol–water partition coefficient (Wildman–Crippen LogP) is 4.66. The van der Waals surface area contributed by atoms with Crippen molar-refractivity contribution in [3.63, 3.8) is 0 Å². The van der Waals surface area contributed by atoms with Crippen molar-refractivity contribution >= 4 is 11.8 Å². The Bertz CT molecular complexity index is 693. The molecule has 0 unspecified atom stereocenters. The minimum atomic E-state index is 0.103. The summed E-state index contributed by atoms with van der Waals surface area (Å²) in [5.41, 5.74) is 2.83. The lowest BCUT2D eigenvalue weighted by molar-refractivity contribution is 0.318. The van der Waals surface area contributed by atoms with E-state index < -0.39 is 0 Å². The van der Waals surface area contributed by atoms with Gasteiger partial charge in [-0.15, -0.1) is 0 Å². The fourth-order valence-corrected chi connectivity index (χ4v) is 2.44. The summed E-state index contributed by atoms with van der Waals surface area (Å²) in [6.07, 6.45) is 7.37. The second-order valence-corrected chi connectivity index (χ2v) is 5.55. The number of aromatic hydroxyl groups is 1. The van der Waals surface area contributed by atoms with Gasteiger partial charge in [-0.1, -0.05) is 47.6 Å². The number of ether oxygens (including phenoxy) is 1. The van der Waals surface area contributed by atoms with E-state index in [1.807, 2.05) is 24.3 Å². The van der Waals surface area contributed by atoms with Crippen LogP contribution in [-0.2, 0) is 6.42 Å². The standard InChI is InChI=1S/C20H23NO3/c1-24-20-15-17(12-14-19(20)22)11-13-18(21-23)10-6-5-9-16-7-3-2-4-8-16/h2-4,7-8,11-15,22-23H,5-6,9-10H2,1H3/b13-11+,21-18?. The van der Waals surface area contributed by atoms with Gasteiger partial charge in [0.1, 0.15) is 0 Å². The molecule has 0 amide bonds. The molecule has 0 spiro atoms. The van der Waals surface area contributed by atoms with E-state index in [1.165, 1.54) is 12.7 Å². The van der Waals surface area contributed by atoms with E-state index in [4.69, 9.17) is 9.94 Å². The van der Waals surface area contributed by atoms with Gasteiger partial charge in [-0.2, -0.15) is 0 Å². The summed E-state index contributed by atoms with van der Waals surface area (Å²) in [7, 11) is 1.51. The third-order valence-corrected chi connectivity index (χ3v) is 3.79. The average Bonchev–Trinajstić information content (AvgIpc) is 2.63. The molecule has 126 valence electrons. The molecule has 0 aromatic heterocycles. The van der Waals surface area contributed by atoms with E-state index in [9.17, 15) is 5.11 Å². The normalized spacial score (nSPS) is 11.8. The molecule has 2 aromatic rings. The maximum absolute atomic E-state index is 9.58. The van der Waals surface area contributed by atoms with Gasteiger partial charge in [0.25, 0.3) is 0 Å². The van der Waals surface area contributed by atoms with Gasteiger partial charge in [-0.25, -0.2) is 0 Å². The van der Waals surface area contributed by atoms with Gasteiger partial charge in [-0.05, 0) is 55.0 Å². The molecular formula is C20H23NO3. The second-order valence-electron chi connectivity index (χ2n) is 5.55. The summed E-state index contributed by atoms with van der Waals surface area (Å²) in [5.74, 6) is 0.522. The number of hydrogen-bond donors (Lipinski definition) is 2. The number of aryl methyl sites for hydroxylation is 1. The molecule has 24 heavy (non-hydrogen) atoms. The topological polar surface area (TPSA) is 62.0 Å². The molecule has 0 aliphatic carbocycles. The third kappa shape index (κ3) is 5.47. The first-order chi connectivity index (χ1) is 11.7. The van der Waals surface area contributed by atoms with Crippen molar-refractivity contribution in [2.45, 2.75) is 25.7 Å². The van der Waals surface area contributed by atoms with Crippen molar-refractivity contribution in [2.24, 2.45) is 5.16 Å². The lowest BCUT2D eigenvalue weighted by atomic mass is 10.0. The molecule has 0 aliphatic heterocycles. The number of phenols is 1. The Balaban J connectivity index is 1.83. The van der Waals surface area contributed by atoms with Crippen LogP contribution < -0.4 is 4.74 Å². The van der Waals surface area contributed by atoms with E-state index >= 15 is 0 Å². The van der Waals surface area contributed by atoms with Crippen LogP contribution in [0.2, 0.25) is 0 Å². The van der Waals surface area contributed by atoms with Crippen LogP contribution in [0.15, 0.2) is 59.8 Å². The number of allylic oxidation sites excluding steroid dienone is 1. The summed E-state index contributed by atoms with van der Waals surface area (Å²) < 4.78 is 5.08. The van der Waals surface area contributed by atoms with Crippen molar-refractivity contribution < 1.29 is 15.1 Å². The van der Waals surface area contributed by atoms with Gasteiger partial charge in [0.2, 0.25) is 0 Å². The number of rotatable bonds is 8. The highest BCUT2D eigenvalue weighted by molar-refractivity contribution is 5.97. The Labute approximate surface area is 142 Å². The number of hydrogen-bond acceptors (Lipinski definition) is 4. The van der Waals surface area contributed by atoms with Gasteiger partial charge >= 0.3 is 0 Å². The van der Waals surface area contributed by atoms with Crippen LogP contribution in [-0.4, -0.2) is 23.1 Å². The minimum Gasteiger partial charge on any atom is -0.504 e. The minimum absolute atomic E-state index is 0.103. The number of methoxy groups -OCH3 is 1. The van der Waals surface area contributed by atoms with Crippen LogP contribution in [0.4, 0.5) is 0 Å².